The highest BCUT2D eigenvalue weighted by Gasteiger charge is 2.11. The Labute approximate surface area is 150 Å². The lowest BCUT2D eigenvalue weighted by molar-refractivity contribution is 0.0944. The summed E-state index contributed by atoms with van der Waals surface area (Å²) in [6, 6.07) is 10.6. The molecular weight excluding hydrogens is 353 g/mol. The molecule has 2 rings (SSSR count). The first-order valence-electron chi connectivity index (χ1n) is 6.76. The molecule has 0 heterocycles. The van der Waals surface area contributed by atoms with Gasteiger partial charge in [-0.05, 0) is 61.5 Å². The molecule has 0 unspecified atom stereocenters. The molecule has 0 aliphatic carbocycles. The highest BCUT2D eigenvalue weighted by atomic mass is 35.5. The fourth-order valence-corrected chi connectivity index (χ4v) is 2.53. The van der Waals surface area contributed by atoms with Crippen molar-refractivity contribution in [3.05, 3.63) is 63.1 Å². The van der Waals surface area contributed by atoms with E-state index in [2.05, 4.69) is 16.2 Å². The average molecular weight is 368 g/mol. The van der Waals surface area contributed by atoms with Crippen molar-refractivity contribution in [2.24, 2.45) is 0 Å². The smallest absolute Gasteiger partial charge is 0.271 e. The Morgan fingerprint density at radius 1 is 1.04 bits per heavy atom. The van der Waals surface area contributed by atoms with E-state index < -0.39 is 5.91 Å². The fourth-order valence-electron chi connectivity index (χ4n) is 1.88. The van der Waals surface area contributed by atoms with Gasteiger partial charge in [0.25, 0.3) is 5.91 Å². The fraction of sp³-hybridized carbons (Fsp3) is 0.125. The number of benzene rings is 2. The molecule has 0 radical (unpaired) electrons. The molecule has 2 aromatic rings. The molecule has 0 saturated carbocycles. The maximum absolute atomic E-state index is 12.1. The van der Waals surface area contributed by atoms with E-state index in [9.17, 15) is 4.79 Å². The summed E-state index contributed by atoms with van der Waals surface area (Å²) in [5, 5.41) is 4.04. The van der Waals surface area contributed by atoms with Crippen LogP contribution in [-0.2, 0) is 0 Å². The molecule has 23 heavy (non-hydrogen) atoms. The van der Waals surface area contributed by atoms with Crippen LogP contribution in [0.25, 0.3) is 0 Å². The average Bonchev–Trinajstić information content (AvgIpc) is 2.48. The third-order valence-electron chi connectivity index (χ3n) is 3.11. The number of carbonyl (C=O) groups excluding carboxylic acids is 1. The number of halogens is 2. The van der Waals surface area contributed by atoms with Crippen LogP contribution in [0.3, 0.4) is 0 Å². The molecule has 0 atom stereocenters. The van der Waals surface area contributed by atoms with Gasteiger partial charge in [-0.2, -0.15) is 0 Å². The van der Waals surface area contributed by atoms with E-state index in [0.717, 1.165) is 16.8 Å². The van der Waals surface area contributed by atoms with E-state index in [1.54, 1.807) is 12.1 Å². The van der Waals surface area contributed by atoms with Crippen LogP contribution >= 0.6 is 35.4 Å². The van der Waals surface area contributed by atoms with Crippen molar-refractivity contribution in [1.29, 1.82) is 0 Å². The van der Waals surface area contributed by atoms with Crippen molar-refractivity contribution in [3.8, 4) is 0 Å². The second-order valence-corrected chi connectivity index (χ2v) is 6.23. The van der Waals surface area contributed by atoms with E-state index in [1.807, 2.05) is 32.0 Å². The van der Waals surface area contributed by atoms with Gasteiger partial charge in [0.2, 0.25) is 0 Å². The van der Waals surface area contributed by atoms with Gasteiger partial charge in [-0.3, -0.25) is 15.6 Å². The Morgan fingerprint density at radius 2 is 1.78 bits per heavy atom. The topological polar surface area (TPSA) is 53.2 Å². The summed E-state index contributed by atoms with van der Waals surface area (Å²) in [6.07, 6.45) is 0. The predicted molar refractivity (Wildman–Crippen MR) is 99.2 cm³/mol. The van der Waals surface area contributed by atoms with Gasteiger partial charge >= 0.3 is 0 Å². The van der Waals surface area contributed by atoms with Crippen molar-refractivity contribution in [1.82, 2.24) is 10.9 Å². The minimum Gasteiger partial charge on any atom is -0.331 e. The number of rotatable bonds is 2. The van der Waals surface area contributed by atoms with E-state index in [-0.39, 0.29) is 10.1 Å². The van der Waals surface area contributed by atoms with E-state index >= 15 is 0 Å². The molecule has 0 aliphatic rings. The largest absolute Gasteiger partial charge is 0.331 e. The van der Waals surface area contributed by atoms with Crippen LogP contribution in [0.15, 0.2) is 36.4 Å². The first-order valence-corrected chi connectivity index (χ1v) is 7.93. The summed E-state index contributed by atoms with van der Waals surface area (Å²) in [4.78, 5) is 12.1. The van der Waals surface area contributed by atoms with Crippen molar-refractivity contribution >= 4 is 52.1 Å². The first-order chi connectivity index (χ1) is 10.9. The Morgan fingerprint density at radius 3 is 2.48 bits per heavy atom. The number of nitrogens with one attached hydrogen (secondary N) is 3. The third kappa shape index (κ3) is 4.82. The summed E-state index contributed by atoms with van der Waals surface area (Å²) in [5.74, 6) is -0.406. The van der Waals surface area contributed by atoms with Gasteiger partial charge in [0.1, 0.15) is 0 Å². The van der Waals surface area contributed by atoms with Crippen molar-refractivity contribution in [2.45, 2.75) is 13.8 Å². The maximum Gasteiger partial charge on any atom is 0.271 e. The SMILES string of the molecule is Cc1ccc(C)c(NC(=S)NNC(=O)c2ccc(Cl)cc2Cl)c1. The van der Waals surface area contributed by atoms with Gasteiger partial charge in [0.05, 0.1) is 10.6 Å². The van der Waals surface area contributed by atoms with Crippen LogP contribution in [0.5, 0.6) is 0 Å². The molecule has 0 aromatic heterocycles. The van der Waals surface area contributed by atoms with Crippen molar-refractivity contribution in [3.63, 3.8) is 0 Å². The monoisotopic (exact) mass is 367 g/mol. The van der Waals surface area contributed by atoms with E-state index in [0.29, 0.717) is 10.6 Å². The molecule has 120 valence electrons. The zero-order chi connectivity index (χ0) is 17.0. The van der Waals surface area contributed by atoms with Crippen LogP contribution < -0.4 is 16.2 Å². The van der Waals surface area contributed by atoms with Gasteiger partial charge in [0, 0.05) is 10.7 Å². The minimum absolute atomic E-state index is 0.269. The number of carbonyl (C=O) groups is 1. The number of hydrazine groups is 1. The lowest BCUT2D eigenvalue weighted by Gasteiger charge is -2.14. The third-order valence-corrected chi connectivity index (χ3v) is 3.86. The Hall–Kier alpha value is -1.82. The van der Waals surface area contributed by atoms with Crippen molar-refractivity contribution < 1.29 is 4.79 Å². The number of aryl methyl sites for hydroxylation is 2. The van der Waals surface area contributed by atoms with Crippen LogP contribution in [0.2, 0.25) is 10.0 Å². The molecule has 7 heteroatoms. The Kier molecular flexibility index (Phi) is 5.82. The molecule has 0 aliphatic heterocycles. The number of hydrogen-bond acceptors (Lipinski definition) is 2. The molecule has 3 N–H and O–H groups in total. The number of anilines is 1. The molecule has 4 nitrogen and oxygen atoms in total. The van der Waals surface area contributed by atoms with Gasteiger partial charge in [-0.1, -0.05) is 35.3 Å². The summed E-state index contributed by atoms with van der Waals surface area (Å²) in [7, 11) is 0. The lowest BCUT2D eigenvalue weighted by Crippen LogP contribution is -2.43. The second kappa shape index (κ2) is 7.64. The molecule has 2 aromatic carbocycles. The zero-order valence-corrected chi connectivity index (χ0v) is 14.9. The summed E-state index contributed by atoms with van der Waals surface area (Å²) >= 11 is 17.0. The first kappa shape index (κ1) is 17.5. The number of hydrogen-bond donors (Lipinski definition) is 3. The molecular formula is C16H15Cl2N3OS. The standard InChI is InChI=1S/C16H15Cl2N3OS/c1-9-3-4-10(2)14(7-9)19-16(23)21-20-15(22)12-6-5-11(17)8-13(12)18/h3-8H,1-2H3,(H,20,22)(H2,19,21,23). The summed E-state index contributed by atoms with van der Waals surface area (Å²) in [5.41, 5.74) is 8.48. The second-order valence-electron chi connectivity index (χ2n) is 4.98. The Balaban J connectivity index is 1.96. The zero-order valence-electron chi connectivity index (χ0n) is 12.5. The van der Waals surface area contributed by atoms with Gasteiger partial charge < -0.3 is 5.32 Å². The molecule has 0 saturated heterocycles. The lowest BCUT2D eigenvalue weighted by atomic mass is 10.1. The van der Waals surface area contributed by atoms with Crippen LogP contribution in [-0.4, -0.2) is 11.0 Å². The Bertz CT molecular complexity index is 765. The quantitative estimate of drug-likeness (QED) is 0.548. The normalized spacial score (nSPS) is 10.1. The predicted octanol–water partition coefficient (Wildman–Crippen LogP) is 4.24. The number of thiocarbonyl (C=S) groups is 1. The van der Waals surface area contributed by atoms with Gasteiger partial charge in [-0.25, -0.2) is 0 Å². The van der Waals surface area contributed by atoms with Crippen LogP contribution in [0.4, 0.5) is 5.69 Å². The highest BCUT2D eigenvalue weighted by molar-refractivity contribution is 7.80. The van der Waals surface area contributed by atoms with Crippen molar-refractivity contribution in [2.75, 3.05) is 5.32 Å². The number of amides is 1. The maximum atomic E-state index is 12.1. The van der Waals surface area contributed by atoms with E-state index in [4.69, 9.17) is 35.4 Å². The highest BCUT2D eigenvalue weighted by Crippen LogP contribution is 2.20. The minimum atomic E-state index is -0.406. The van der Waals surface area contributed by atoms with Crippen LogP contribution in [0, 0.1) is 13.8 Å². The van der Waals surface area contributed by atoms with Gasteiger partial charge in [0.15, 0.2) is 5.11 Å². The van der Waals surface area contributed by atoms with Crippen LogP contribution in [0.1, 0.15) is 21.5 Å². The molecule has 1 amide bonds. The summed E-state index contributed by atoms with van der Waals surface area (Å²) in [6.45, 7) is 3.96. The van der Waals surface area contributed by atoms with Gasteiger partial charge in [-0.15, -0.1) is 0 Å². The molecule has 0 bridgehead atoms. The molecule has 0 spiro atoms. The van der Waals surface area contributed by atoms with E-state index in [1.165, 1.54) is 6.07 Å². The molecule has 0 fully saturated rings. The summed E-state index contributed by atoms with van der Waals surface area (Å²) < 4.78 is 0.